The molecule has 1 N–H and O–H groups in total. The summed E-state index contributed by atoms with van der Waals surface area (Å²) in [6.45, 7) is 2.99. The van der Waals surface area contributed by atoms with Gasteiger partial charge in [0.1, 0.15) is 5.75 Å². The van der Waals surface area contributed by atoms with Gasteiger partial charge in [0.05, 0.1) is 12.6 Å². The minimum atomic E-state index is -0.266. The fourth-order valence-electron chi connectivity index (χ4n) is 4.65. The van der Waals surface area contributed by atoms with Crippen molar-refractivity contribution in [2.45, 2.75) is 32.2 Å². The first-order valence-corrected chi connectivity index (χ1v) is 11.1. The van der Waals surface area contributed by atoms with E-state index >= 15 is 0 Å². The Labute approximate surface area is 188 Å². The van der Waals surface area contributed by atoms with Crippen molar-refractivity contribution in [3.05, 3.63) is 94.5 Å². The van der Waals surface area contributed by atoms with Gasteiger partial charge in [-0.3, -0.25) is 9.59 Å². The molecule has 2 amide bonds. The van der Waals surface area contributed by atoms with E-state index in [2.05, 4.69) is 11.4 Å². The molecule has 3 aromatic carbocycles. The van der Waals surface area contributed by atoms with E-state index in [1.807, 2.05) is 54.6 Å². The van der Waals surface area contributed by atoms with Crippen molar-refractivity contribution >= 4 is 17.5 Å². The molecule has 0 radical (unpaired) electrons. The van der Waals surface area contributed by atoms with Gasteiger partial charge in [0.25, 0.3) is 5.91 Å². The van der Waals surface area contributed by atoms with Gasteiger partial charge < -0.3 is 15.0 Å². The standard InChI is InChI=1S/C27H26N2O3/c1-18(30)29-14-13-20-16-23(9-11-24(20)29)27(31)28-26(19-6-3-2-4-7-19)22-10-12-25-21(17-22)8-5-15-32-25/h2-4,6-7,9-12,16-17,26H,5,8,13-15H2,1H3,(H,28,31). The molecule has 1 unspecified atom stereocenters. The number of carbonyl (C=O) groups excluding carboxylic acids is 2. The summed E-state index contributed by atoms with van der Waals surface area (Å²) in [5.74, 6) is 0.838. The third-order valence-corrected chi connectivity index (χ3v) is 6.29. The van der Waals surface area contributed by atoms with E-state index < -0.39 is 0 Å². The van der Waals surface area contributed by atoms with Crippen molar-refractivity contribution < 1.29 is 14.3 Å². The van der Waals surface area contributed by atoms with Crippen LogP contribution in [0.2, 0.25) is 0 Å². The fourth-order valence-corrected chi connectivity index (χ4v) is 4.65. The largest absolute Gasteiger partial charge is 0.493 e. The third kappa shape index (κ3) is 3.86. The Bertz CT molecular complexity index is 1170. The molecule has 32 heavy (non-hydrogen) atoms. The zero-order chi connectivity index (χ0) is 22.1. The second kappa shape index (κ2) is 8.50. The Kier molecular flexibility index (Phi) is 5.39. The number of carbonyl (C=O) groups is 2. The zero-order valence-electron chi connectivity index (χ0n) is 18.1. The molecule has 3 aromatic rings. The van der Waals surface area contributed by atoms with Crippen LogP contribution in [0.25, 0.3) is 0 Å². The number of anilines is 1. The van der Waals surface area contributed by atoms with Crippen molar-refractivity contribution in [1.29, 1.82) is 0 Å². The number of ether oxygens (including phenoxy) is 1. The first-order chi connectivity index (χ1) is 15.6. The van der Waals surface area contributed by atoms with Crippen LogP contribution in [-0.2, 0) is 17.6 Å². The number of nitrogens with one attached hydrogen (secondary N) is 1. The van der Waals surface area contributed by atoms with E-state index in [0.29, 0.717) is 12.1 Å². The molecule has 2 aliphatic heterocycles. The van der Waals surface area contributed by atoms with Crippen molar-refractivity contribution in [3.8, 4) is 5.75 Å². The summed E-state index contributed by atoms with van der Waals surface area (Å²) in [7, 11) is 0. The number of benzene rings is 3. The van der Waals surface area contributed by atoms with Crippen molar-refractivity contribution in [1.82, 2.24) is 5.32 Å². The predicted molar refractivity (Wildman–Crippen MR) is 124 cm³/mol. The molecule has 2 aliphatic rings. The Hall–Kier alpha value is -3.60. The number of nitrogens with zero attached hydrogens (tertiary/aromatic N) is 1. The maximum absolute atomic E-state index is 13.3. The second-order valence-corrected chi connectivity index (χ2v) is 8.40. The maximum atomic E-state index is 13.3. The Balaban J connectivity index is 1.45. The van der Waals surface area contributed by atoms with Gasteiger partial charge in [-0.25, -0.2) is 0 Å². The van der Waals surface area contributed by atoms with Gasteiger partial charge in [-0.2, -0.15) is 0 Å². The maximum Gasteiger partial charge on any atom is 0.252 e. The molecule has 0 spiro atoms. The van der Waals surface area contributed by atoms with Gasteiger partial charge in [0.15, 0.2) is 0 Å². The quantitative estimate of drug-likeness (QED) is 0.671. The van der Waals surface area contributed by atoms with E-state index in [9.17, 15) is 9.59 Å². The number of hydrogen-bond acceptors (Lipinski definition) is 3. The third-order valence-electron chi connectivity index (χ3n) is 6.29. The predicted octanol–water partition coefficient (Wildman–Crippen LogP) is 4.44. The van der Waals surface area contributed by atoms with E-state index in [0.717, 1.165) is 54.0 Å². The fraction of sp³-hybridized carbons (Fsp3) is 0.259. The molecule has 5 heteroatoms. The van der Waals surface area contributed by atoms with Crippen LogP contribution in [0.4, 0.5) is 5.69 Å². The SMILES string of the molecule is CC(=O)N1CCc2cc(C(=O)NC(c3ccccc3)c3ccc4c(c3)CCCO4)ccc21. The number of aryl methyl sites for hydroxylation is 1. The molecule has 5 rings (SSSR count). The highest BCUT2D eigenvalue weighted by molar-refractivity contribution is 5.98. The molecular formula is C27H26N2O3. The molecule has 2 heterocycles. The first-order valence-electron chi connectivity index (χ1n) is 11.1. The summed E-state index contributed by atoms with van der Waals surface area (Å²) < 4.78 is 5.77. The minimum absolute atomic E-state index is 0.0292. The van der Waals surface area contributed by atoms with Crippen LogP contribution < -0.4 is 15.0 Å². The van der Waals surface area contributed by atoms with Crippen LogP contribution in [0.3, 0.4) is 0 Å². The monoisotopic (exact) mass is 426 g/mol. The van der Waals surface area contributed by atoms with Crippen LogP contribution in [0, 0.1) is 0 Å². The number of fused-ring (bicyclic) bond motifs is 2. The van der Waals surface area contributed by atoms with Gasteiger partial charge in [-0.1, -0.05) is 36.4 Å². The average molecular weight is 427 g/mol. The molecule has 0 saturated heterocycles. The van der Waals surface area contributed by atoms with Crippen LogP contribution in [-0.4, -0.2) is 25.0 Å². The van der Waals surface area contributed by atoms with Gasteiger partial charge >= 0.3 is 0 Å². The van der Waals surface area contributed by atoms with Gasteiger partial charge in [0.2, 0.25) is 5.91 Å². The molecule has 1 atom stereocenters. The smallest absolute Gasteiger partial charge is 0.252 e. The summed E-state index contributed by atoms with van der Waals surface area (Å²) in [6, 6.07) is 21.6. The number of hydrogen-bond donors (Lipinski definition) is 1. The Morgan fingerprint density at radius 2 is 1.78 bits per heavy atom. The van der Waals surface area contributed by atoms with Crippen LogP contribution in [0.15, 0.2) is 66.7 Å². The highest BCUT2D eigenvalue weighted by Gasteiger charge is 2.25. The summed E-state index contributed by atoms with van der Waals surface area (Å²) in [5, 5.41) is 3.24. The van der Waals surface area contributed by atoms with Crippen LogP contribution >= 0.6 is 0 Å². The number of rotatable bonds is 4. The van der Waals surface area contributed by atoms with E-state index in [-0.39, 0.29) is 17.9 Å². The molecule has 162 valence electrons. The Morgan fingerprint density at radius 1 is 0.938 bits per heavy atom. The molecule has 0 fully saturated rings. The summed E-state index contributed by atoms with van der Waals surface area (Å²) >= 11 is 0. The molecule has 5 nitrogen and oxygen atoms in total. The lowest BCUT2D eigenvalue weighted by Crippen LogP contribution is -2.29. The lowest BCUT2D eigenvalue weighted by atomic mass is 9.94. The summed E-state index contributed by atoms with van der Waals surface area (Å²) in [4.78, 5) is 26.9. The normalized spacial score (nSPS) is 15.3. The van der Waals surface area contributed by atoms with Crippen LogP contribution in [0.5, 0.6) is 5.75 Å². The molecule has 0 saturated carbocycles. The molecule has 0 aliphatic carbocycles. The van der Waals surface area contributed by atoms with E-state index in [1.54, 1.807) is 17.9 Å². The van der Waals surface area contributed by atoms with Crippen molar-refractivity contribution in [2.75, 3.05) is 18.1 Å². The van der Waals surface area contributed by atoms with Crippen molar-refractivity contribution in [3.63, 3.8) is 0 Å². The minimum Gasteiger partial charge on any atom is -0.493 e. The summed E-state index contributed by atoms with van der Waals surface area (Å²) in [6.07, 6.45) is 2.75. The Morgan fingerprint density at radius 3 is 2.59 bits per heavy atom. The van der Waals surface area contributed by atoms with Gasteiger partial charge in [-0.05, 0) is 71.8 Å². The average Bonchev–Trinajstić information content (AvgIpc) is 3.26. The number of amides is 2. The van der Waals surface area contributed by atoms with E-state index in [1.165, 1.54) is 5.56 Å². The van der Waals surface area contributed by atoms with Gasteiger partial charge in [-0.15, -0.1) is 0 Å². The highest BCUT2D eigenvalue weighted by Crippen LogP contribution is 2.32. The lowest BCUT2D eigenvalue weighted by Gasteiger charge is -2.23. The van der Waals surface area contributed by atoms with Crippen molar-refractivity contribution in [2.24, 2.45) is 0 Å². The molecule has 0 aromatic heterocycles. The van der Waals surface area contributed by atoms with E-state index in [4.69, 9.17) is 4.74 Å². The zero-order valence-corrected chi connectivity index (χ0v) is 18.1. The topological polar surface area (TPSA) is 58.6 Å². The van der Waals surface area contributed by atoms with Crippen LogP contribution in [0.1, 0.15) is 52.0 Å². The second-order valence-electron chi connectivity index (χ2n) is 8.40. The lowest BCUT2D eigenvalue weighted by molar-refractivity contribution is -0.116. The summed E-state index contributed by atoms with van der Waals surface area (Å²) in [5.41, 5.74) is 5.81. The molecule has 0 bridgehead atoms. The highest BCUT2D eigenvalue weighted by atomic mass is 16.5. The van der Waals surface area contributed by atoms with Gasteiger partial charge in [0, 0.05) is 24.7 Å². The first kappa shape index (κ1) is 20.3. The molecular weight excluding hydrogens is 400 g/mol.